The normalized spacial score (nSPS) is 30.1. The smallest absolute Gasteiger partial charge is 0.252 e. The molecule has 24 heavy (non-hydrogen) atoms. The minimum absolute atomic E-state index is 0.0157. The Morgan fingerprint density at radius 2 is 2.04 bits per heavy atom. The number of aldehydes is 1. The molecule has 126 valence electrons. The average Bonchev–Trinajstić information content (AvgIpc) is 3.02. The molecule has 0 spiro atoms. The summed E-state index contributed by atoms with van der Waals surface area (Å²) in [7, 11) is 0. The molecule has 1 amide bonds. The van der Waals surface area contributed by atoms with Gasteiger partial charge in [0.05, 0.1) is 11.6 Å². The number of carbonyl (C=O) groups excluding carboxylic acids is 2. The van der Waals surface area contributed by atoms with Gasteiger partial charge in [0.2, 0.25) is 6.79 Å². The number of hydrogen-bond donors (Lipinski definition) is 4. The van der Waals surface area contributed by atoms with Crippen LogP contribution in [-0.2, 0) is 11.2 Å². The third kappa shape index (κ3) is 1.97. The summed E-state index contributed by atoms with van der Waals surface area (Å²) in [5.41, 5.74) is 1.58. The van der Waals surface area contributed by atoms with Gasteiger partial charge in [-0.3, -0.25) is 4.79 Å². The molecule has 0 aromatic heterocycles. The first kappa shape index (κ1) is 15.1. The predicted molar refractivity (Wildman–Crippen MR) is 79.6 cm³/mol. The topological polar surface area (TPSA) is 125 Å². The lowest BCUT2D eigenvalue weighted by molar-refractivity contribution is -0.107. The molecule has 0 fully saturated rings. The molecule has 2 heterocycles. The molecule has 2 aliphatic heterocycles. The number of carbonyl (C=O) groups is 2. The molecule has 1 aliphatic carbocycles. The van der Waals surface area contributed by atoms with Crippen molar-refractivity contribution in [2.75, 3.05) is 6.79 Å². The second kappa shape index (κ2) is 5.30. The van der Waals surface area contributed by atoms with Crippen LogP contribution in [0.5, 0.6) is 11.5 Å². The van der Waals surface area contributed by atoms with E-state index in [4.69, 9.17) is 9.47 Å². The highest BCUT2D eigenvalue weighted by atomic mass is 16.7. The van der Waals surface area contributed by atoms with Gasteiger partial charge in [0.1, 0.15) is 24.6 Å². The first-order valence-corrected chi connectivity index (χ1v) is 7.49. The van der Waals surface area contributed by atoms with Crippen molar-refractivity contribution >= 4 is 17.8 Å². The van der Waals surface area contributed by atoms with Crippen molar-refractivity contribution in [2.45, 2.75) is 30.8 Å². The predicted octanol–water partition coefficient (Wildman–Crippen LogP) is -1.25. The number of hydrogen-bond acceptors (Lipinski definition) is 7. The molecule has 3 aliphatic rings. The Labute approximate surface area is 136 Å². The molecular formula is C16H15NO7. The van der Waals surface area contributed by atoms with Gasteiger partial charge < -0.3 is 34.9 Å². The lowest BCUT2D eigenvalue weighted by Crippen LogP contribution is -2.57. The molecule has 2 unspecified atom stereocenters. The first-order valence-electron chi connectivity index (χ1n) is 7.49. The van der Waals surface area contributed by atoms with Crippen LogP contribution in [0.2, 0.25) is 0 Å². The van der Waals surface area contributed by atoms with Gasteiger partial charge in [-0.15, -0.1) is 0 Å². The minimum Gasteiger partial charge on any atom is -0.454 e. The zero-order chi connectivity index (χ0) is 17.0. The van der Waals surface area contributed by atoms with Crippen LogP contribution in [0.1, 0.15) is 21.5 Å². The van der Waals surface area contributed by atoms with E-state index in [-0.39, 0.29) is 18.8 Å². The molecule has 4 atom stereocenters. The van der Waals surface area contributed by atoms with Gasteiger partial charge in [-0.25, -0.2) is 0 Å². The highest BCUT2D eigenvalue weighted by molar-refractivity contribution is 6.07. The summed E-state index contributed by atoms with van der Waals surface area (Å²) in [5, 5.41) is 32.6. The Morgan fingerprint density at radius 1 is 1.25 bits per heavy atom. The number of amides is 1. The lowest BCUT2D eigenvalue weighted by atomic mass is 9.78. The number of rotatable bonds is 2. The maximum atomic E-state index is 12.6. The molecule has 0 saturated carbocycles. The highest BCUT2D eigenvalue weighted by Crippen LogP contribution is 2.45. The van der Waals surface area contributed by atoms with E-state index in [0.29, 0.717) is 34.5 Å². The molecular weight excluding hydrogens is 318 g/mol. The maximum Gasteiger partial charge on any atom is 0.252 e. The van der Waals surface area contributed by atoms with Gasteiger partial charge in [-0.1, -0.05) is 0 Å². The van der Waals surface area contributed by atoms with Crippen LogP contribution in [0.3, 0.4) is 0 Å². The molecule has 0 radical (unpaired) electrons. The Bertz CT molecular complexity index is 772. The molecule has 4 N–H and O–H groups in total. The van der Waals surface area contributed by atoms with E-state index < -0.39 is 30.3 Å². The number of fused-ring (bicyclic) bond motifs is 4. The van der Waals surface area contributed by atoms with Crippen LogP contribution in [0.4, 0.5) is 0 Å². The summed E-state index contributed by atoms with van der Waals surface area (Å²) in [6, 6.07) is 0.744. The van der Waals surface area contributed by atoms with E-state index in [9.17, 15) is 24.9 Å². The van der Waals surface area contributed by atoms with E-state index >= 15 is 0 Å². The SMILES string of the molecule is O=CCc1c2c(cc3c1C(=O)N[C@@H]1C3=C[C@H](O)C(O)C1O)OCO2. The van der Waals surface area contributed by atoms with Crippen LogP contribution >= 0.6 is 0 Å². The minimum atomic E-state index is -1.40. The molecule has 8 nitrogen and oxygen atoms in total. The van der Waals surface area contributed by atoms with E-state index in [1.54, 1.807) is 6.07 Å². The number of benzene rings is 1. The van der Waals surface area contributed by atoms with Gasteiger partial charge in [0.25, 0.3) is 5.91 Å². The summed E-state index contributed by atoms with van der Waals surface area (Å²) in [6.45, 7) is -0.0157. The summed E-state index contributed by atoms with van der Waals surface area (Å²) in [4.78, 5) is 23.6. The maximum absolute atomic E-state index is 12.6. The largest absolute Gasteiger partial charge is 0.454 e. The van der Waals surface area contributed by atoms with Crippen molar-refractivity contribution in [2.24, 2.45) is 0 Å². The standard InChI is InChI=1S/C16H15NO7/c18-2-1-6-11-7(4-10-15(6)24-5-23-10)8-3-9(19)13(20)14(21)12(8)17-16(11)22/h2-4,9,12-14,19-21H,1,5H2,(H,17,22)/t9-,12+,13?,14?/m0/s1. The van der Waals surface area contributed by atoms with Gasteiger partial charge in [0, 0.05) is 12.0 Å². The van der Waals surface area contributed by atoms with Crippen molar-refractivity contribution in [3.63, 3.8) is 0 Å². The van der Waals surface area contributed by atoms with E-state index in [0.717, 1.165) is 0 Å². The van der Waals surface area contributed by atoms with Crippen molar-refractivity contribution in [1.82, 2.24) is 5.32 Å². The fourth-order valence-electron chi connectivity index (χ4n) is 3.48. The molecule has 4 rings (SSSR count). The summed E-state index contributed by atoms with van der Waals surface area (Å²) in [5.74, 6) is 0.270. The van der Waals surface area contributed by atoms with Crippen molar-refractivity contribution in [3.05, 3.63) is 28.8 Å². The van der Waals surface area contributed by atoms with Gasteiger partial charge in [-0.05, 0) is 23.3 Å². The van der Waals surface area contributed by atoms with Crippen LogP contribution in [0.25, 0.3) is 5.57 Å². The molecule has 1 aromatic carbocycles. The van der Waals surface area contributed by atoms with Gasteiger partial charge in [-0.2, -0.15) is 0 Å². The molecule has 8 heteroatoms. The molecule has 1 aromatic rings. The Hall–Kier alpha value is -2.42. The summed E-state index contributed by atoms with van der Waals surface area (Å²) in [6.07, 6.45) is -1.99. The Kier molecular flexibility index (Phi) is 3.34. The van der Waals surface area contributed by atoms with E-state index in [2.05, 4.69) is 5.32 Å². The number of aliphatic hydroxyl groups is 3. The molecule has 0 saturated heterocycles. The quantitative estimate of drug-likeness (QED) is 0.498. The Balaban J connectivity index is 1.96. The van der Waals surface area contributed by atoms with E-state index in [1.807, 2.05) is 0 Å². The number of ether oxygens (including phenoxy) is 2. The third-order valence-electron chi connectivity index (χ3n) is 4.60. The number of aliphatic hydroxyl groups excluding tert-OH is 3. The van der Waals surface area contributed by atoms with Crippen LogP contribution in [0.15, 0.2) is 12.1 Å². The fourth-order valence-corrected chi connectivity index (χ4v) is 3.48. The van der Waals surface area contributed by atoms with Crippen molar-refractivity contribution < 1.29 is 34.4 Å². The molecule has 0 bridgehead atoms. The zero-order valence-electron chi connectivity index (χ0n) is 12.4. The third-order valence-corrected chi connectivity index (χ3v) is 4.60. The van der Waals surface area contributed by atoms with E-state index in [1.165, 1.54) is 6.08 Å². The average molecular weight is 333 g/mol. The second-order valence-corrected chi connectivity index (χ2v) is 5.93. The lowest BCUT2D eigenvalue weighted by Gasteiger charge is -2.39. The first-order chi connectivity index (χ1) is 11.5. The number of nitrogens with one attached hydrogen (secondary N) is 1. The summed E-state index contributed by atoms with van der Waals surface area (Å²) < 4.78 is 10.7. The fraction of sp³-hybridized carbons (Fsp3) is 0.375. The van der Waals surface area contributed by atoms with Crippen molar-refractivity contribution in [1.29, 1.82) is 0 Å². The van der Waals surface area contributed by atoms with Crippen LogP contribution < -0.4 is 14.8 Å². The Morgan fingerprint density at radius 3 is 2.79 bits per heavy atom. The van der Waals surface area contributed by atoms with Crippen molar-refractivity contribution in [3.8, 4) is 11.5 Å². The second-order valence-electron chi connectivity index (χ2n) is 5.93. The van der Waals surface area contributed by atoms with Crippen LogP contribution in [-0.4, -0.2) is 58.7 Å². The van der Waals surface area contributed by atoms with Gasteiger partial charge >= 0.3 is 0 Å². The monoisotopic (exact) mass is 333 g/mol. The zero-order valence-corrected chi connectivity index (χ0v) is 12.4. The summed E-state index contributed by atoms with van der Waals surface area (Å²) >= 11 is 0. The van der Waals surface area contributed by atoms with Gasteiger partial charge in [0.15, 0.2) is 11.5 Å². The highest BCUT2D eigenvalue weighted by Gasteiger charge is 2.44. The van der Waals surface area contributed by atoms with Crippen LogP contribution in [0, 0.1) is 0 Å².